The maximum Gasteiger partial charge on any atom is 0.329 e. The predicted molar refractivity (Wildman–Crippen MR) is 138 cm³/mol. The Morgan fingerprint density at radius 3 is 2.67 bits per heavy atom. The minimum Gasteiger partial charge on any atom is -0.490 e. The Balaban J connectivity index is 1.65. The van der Waals surface area contributed by atoms with Crippen LogP contribution in [0.25, 0.3) is 21.9 Å². The summed E-state index contributed by atoms with van der Waals surface area (Å²) >= 11 is 1.13. The molecule has 0 radical (unpaired) electrons. The molecule has 0 saturated heterocycles. The molecular weight excluding hydrogens is 484 g/mol. The number of aromatic nitrogens is 4. The van der Waals surface area contributed by atoms with Crippen LogP contribution in [0.3, 0.4) is 0 Å². The van der Waals surface area contributed by atoms with Crippen molar-refractivity contribution in [2.45, 2.75) is 43.3 Å². The van der Waals surface area contributed by atoms with E-state index in [1.165, 1.54) is 16.2 Å². The minimum absolute atomic E-state index is 0.0376. The number of nitrogens with one attached hydrogen (secondary N) is 1. The molecular formula is C25H28N4O6S. The molecule has 4 rings (SSSR count). The topological polar surface area (TPSA) is 128 Å². The number of H-pyrrole nitrogens is 1. The van der Waals surface area contributed by atoms with Gasteiger partial charge in [0.15, 0.2) is 16.3 Å². The quantitative estimate of drug-likeness (QED) is 0.245. The van der Waals surface area contributed by atoms with Gasteiger partial charge in [0, 0.05) is 12.4 Å². The maximum atomic E-state index is 12.7. The highest BCUT2D eigenvalue weighted by molar-refractivity contribution is 8.00. The molecule has 11 heteroatoms. The van der Waals surface area contributed by atoms with E-state index in [0.717, 1.165) is 22.5 Å². The van der Waals surface area contributed by atoms with E-state index < -0.39 is 28.6 Å². The molecule has 2 atom stereocenters. The van der Waals surface area contributed by atoms with Crippen molar-refractivity contribution in [1.29, 1.82) is 0 Å². The third kappa shape index (κ3) is 5.17. The van der Waals surface area contributed by atoms with E-state index in [1.54, 1.807) is 6.92 Å². The van der Waals surface area contributed by atoms with Crippen LogP contribution in [0.1, 0.15) is 20.3 Å². The lowest BCUT2D eigenvalue weighted by Gasteiger charge is -2.17. The van der Waals surface area contributed by atoms with Crippen LogP contribution in [-0.4, -0.2) is 54.7 Å². The molecule has 0 fully saturated rings. The lowest BCUT2D eigenvalue weighted by Crippen LogP contribution is -2.31. The molecule has 2 N–H and O–H groups in total. The second-order valence-electron chi connectivity index (χ2n) is 8.20. The number of carbonyl (C=O) groups excluding carboxylic acids is 1. The number of imidazole rings is 1. The van der Waals surface area contributed by atoms with E-state index in [-0.39, 0.29) is 30.9 Å². The molecule has 36 heavy (non-hydrogen) atoms. The summed E-state index contributed by atoms with van der Waals surface area (Å²) in [6.45, 7) is 3.73. The fraction of sp³-hybridized carbons (Fsp3) is 0.360. The van der Waals surface area contributed by atoms with E-state index in [9.17, 15) is 19.5 Å². The summed E-state index contributed by atoms with van der Waals surface area (Å²) in [6, 6.07) is 13.5. The fourth-order valence-electron chi connectivity index (χ4n) is 3.91. The number of fused-ring (bicyclic) bond motifs is 2. The highest BCUT2D eigenvalue weighted by atomic mass is 32.2. The van der Waals surface area contributed by atoms with Gasteiger partial charge < -0.3 is 19.1 Å². The molecule has 10 nitrogen and oxygen atoms in total. The van der Waals surface area contributed by atoms with Gasteiger partial charge in [0.25, 0.3) is 5.56 Å². The van der Waals surface area contributed by atoms with Gasteiger partial charge in [-0.1, -0.05) is 55.1 Å². The molecule has 0 unspecified atom stereocenters. The number of esters is 1. The van der Waals surface area contributed by atoms with Gasteiger partial charge in [-0.05, 0) is 24.8 Å². The van der Waals surface area contributed by atoms with Gasteiger partial charge in [-0.2, -0.15) is 0 Å². The van der Waals surface area contributed by atoms with Gasteiger partial charge in [0.1, 0.15) is 23.7 Å². The average Bonchev–Trinajstić information content (AvgIpc) is 3.22. The molecule has 0 bridgehead atoms. The average molecular weight is 513 g/mol. The molecule has 0 saturated carbocycles. The van der Waals surface area contributed by atoms with Gasteiger partial charge >= 0.3 is 11.7 Å². The van der Waals surface area contributed by atoms with E-state index in [1.807, 2.05) is 49.4 Å². The highest BCUT2D eigenvalue weighted by Gasteiger charge is 2.26. The fourth-order valence-corrected chi connectivity index (χ4v) is 4.92. The van der Waals surface area contributed by atoms with Crippen molar-refractivity contribution in [2.75, 3.05) is 13.2 Å². The Morgan fingerprint density at radius 2 is 1.92 bits per heavy atom. The lowest BCUT2D eigenvalue weighted by atomic mass is 10.1. The Hall–Kier alpha value is -3.57. The Kier molecular flexibility index (Phi) is 7.80. The molecule has 190 valence electrons. The molecule has 2 heterocycles. The van der Waals surface area contributed by atoms with Gasteiger partial charge in [-0.3, -0.25) is 19.1 Å². The van der Waals surface area contributed by atoms with Crippen molar-refractivity contribution in [1.82, 2.24) is 19.1 Å². The van der Waals surface area contributed by atoms with Crippen LogP contribution in [0.15, 0.2) is 57.2 Å². The summed E-state index contributed by atoms with van der Waals surface area (Å²) in [5.41, 5.74) is -0.945. The summed E-state index contributed by atoms with van der Waals surface area (Å²) in [7, 11) is 1.50. The summed E-state index contributed by atoms with van der Waals surface area (Å²) in [4.78, 5) is 44.1. The first kappa shape index (κ1) is 25.5. The number of hydrogen-bond acceptors (Lipinski definition) is 8. The number of aliphatic hydroxyl groups is 1. The Morgan fingerprint density at radius 1 is 1.17 bits per heavy atom. The molecule has 0 spiro atoms. The van der Waals surface area contributed by atoms with Crippen molar-refractivity contribution >= 4 is 39.7 Å². The van der Waals surface area contributed by atoms with Gasteiger partial charge in [0.05, 0.1) is 13.2 Å². The van der Waals surface area contributed by atoms with Gasteiger partial charge in [-0.25, -0.2) is 9.78 Å². The summed E-state index contributed by atoms with van der Waals surface area (Å²) < 4.78 is 13.8. The number of rotatable bonds is 10. The first-order chi connectivity index (χ1) is 17.3. The first-order valence-electron chi connectivity index (χ1n) is 11.7. The van der Waals surface area contributed by atoms with Gasteiger partial charge in [-0.15, -0.1) is 0 Å². The predicted octanol–water partition coefficient (Wildman–Crippen LogP) is 2.45. The second-order valence-corrected chi connectivity index (χ2v) is 9.37. The van der Waals surface area contributed by atoms with E-state index in [2.05, 4.69) is 9.97 Å². The third-order valence-electron chi connectivity index (χ3n) is 5.71. The van der Waals surface area contributed by atoms with E-state index in [0.29, 0.717) is 17.3 Å². The SMILES string of the molecule is CCOC(=O)[C@@H](CC)Sc1nc2c(c(=O)[nH]c(=O)n2C)n1C[C@@H](O)COc1cccc2ccccc12. The number of aryl methyl sites for hydroxylation is 1. The highest BCUT2D eigenvalue weighted by Crippen LogP contribution is 2.29. The Labute approximate surface area is 210 Å². The van der Waals surface area contributed by atoms with E-state index >= 15 is 0 Å². The third-order valence-corrected chi connectivity index (χ3v) is 7.05. The number of thioether (sulfide) groups is 1. The molecule has 0 aliphatic rings. The van der Waals surface area contributed by atoms with Crippen LogP contribution in [0.4, 0.5) is 0 Å². The maximum absolute atomic E-state index is 12.7. The first-order valence-corrected chi connectivity index (χ1v) is 12.5. The number of aliphatic hydroxyl groups excluding tert-OH is 1. The van der Waals surface area contributed by atoms with Crippen molar-refractivity contribution in [3.05, 3.63) is 63.3 Å². The normalized spacial score (nSPS) is 13.1. The van der Waals surface area contributed by atoms with Crippen LogP contribution in [-0.2, 0) is 23.1 Å². The number of hydrogen-bond donors (Lipinski definition) is 2. The van der Waals surface area contributed by atoms with Crippen molar-refractivity contribution < 1.29 is 19.4 Å². The number of nitrogens with zero attached hydrogens (tertiary/aromatic N) is 3. The van der Waals surface area contributed by atoms with Crippen molar-refractivity contribution in [2.24, 2.45) is 7.05 Å². The van der Waals surface area contributed by atoms with Crippen LogP contribution >= 0.6 is 11.8 Å². The van der Waals surface area contributed by atoms with Crippen LogP contribution in [0, 0.1) is 0 Å². The van der Waals surface area contributed by atoms with E-state index in [4.69, 9.17) is 9.47 Å². The van der Waals surface area contributed by atoms with Gasteiger partial charge in [0.2, 0.25) is 0 Å². The monoisotopic (exact) mass is 512 g/mol. The second kappa shape index (κ2) is 11.0. The molecule has 0 aliphatic carbocycles. The van der Waals surface area contributed by atoms with Crippen molar-refractivity contribution in [3.8, 4) is 5.75 Å². The summed E-state index contributed by atoms with van der Waals surface area (Å²) in [6.07, 6.45) is -0.547. The summed E-state index contributed by atoms with van der Waals surface area (Å²) in [5.74, 6) is 0.233. The largest absolute Gasteiger partial charge is 0.490 e. The van der Waals surface area contributed by atoms with Crippen molar-refractivity contribution in [3.63, 3.8) is 0 Å². The molecule has 4 aromatic rings. The lowest BCUT2D eigenvalue weighted by molar-refractivity contribution is -0.142. The standard InChI is InChI=1S/C25H28N4O6S/c1-4-19(23(32)34-5-2)36-25-26-21-20(22(31)27-24(33)28(21)3)29(25)13-16(30)14-35-18-12-8-10-15-9-6-7-11-17(15)18/h6-12,16,19,30H,4-5,13-14H2,1-3H3,(H,27,31,33)/t16-,19-/m1/s1. The number of aromatic amines is 1. The molecule has 2 aromatic heterocycles. The number of benzene rings is 2. The van der Waals surface area contributed by atoms with Crippen LogP contribution in [0.5, 0.6) is 5.75 Å². The zero-order valence-electron chi connectivity index (χ0n) is 20.3. The van der Waals surface area contributed by atoms with Crippen LogP contribution in [0.2, 0.25) is 0 Å². The smallest absolute Gasteiger partial charge is 0.329 e. The number of ether oxygens (including phenoxy) is 2. The minimum atomic E-state index is -1.01. The molecule has 0 aliphatic heterocycles. The Bertz CT molecular complexity index is 1500. The molecule has 2 aromatic carbocycles. The zero-order chi connectivity index (χ0) is 25.8. The summed E-state index contributed by atoms with van der Waals surface area (Å²) in [5, 5.41) is 12.6. The van der Waals surface area contributed by atoms with Crippen LogP contribution < -0.4 is 16.0 Å². The zero-order valence-corrected chi connectivity index (χ0v) is 21.1. The molecule has 0 amide bonds. The number of carbonyl (C=O) groups is 1.